The molecule has 2 aromatic carbocycles. The van der Waals surface area contributed by atoms with Crippen LogP contribution in [-0.2, 0) is 21.4 Å². The zero-order valence-corrected chi connectivity index (χ0v) is 26.4. The Hall–Kier alpha value is -3.42. The highest BCUT2D eigenvalue weighted by atomic mass is 32.2. The molecule has 2 aromatic rings. The lowest BCUT2D eigenvalue weighted by molar-refractivity contribution is -0.362. The molecule has 47 heavy (non-hydrogen) atoms. The zero-order valence-electron chi connectivity index (χ0n) is 25.5. The van der Waals surface area contributed by atoms with Crippen molar-refractivity contribution in [3.05, 3.63) is 88.0 Å². The Morgan fingerprint density at radius 3 is 2.28 bits per heavy atom. The van der Waals surface area contributed by atoms with Gasteiger partial charge in [-0.2, -0.15) is 22.0 Å². The van der Waals surface area contributed by atoms with Crippen LogP contribution in [-0.4, -0.2) is 42.9 Å². The van der Waals surface area contributed by atoms with Gasteiger partial charge in [0, 0.05) is 29.9 Å². The zero-order chi connectivity index (χ0) is 34.2. The van der Waals surface area contributed by atoms with Crippen LogP contribution in [0.2, 0.25) is 0 Å². The molecule has 3 unspecified atom stereocenters. The van der Waals surface area contributed by atoms with Gasteiger partial charge in [-0.3, -0.25) is 9.59 Å². The molecule has 4 N–H and O–H groups in total. The first-order chi connectivity index (χ1) is 21.9. The third-order valence-electron chi connectivity index (χ3n) is 11.0. The Morgan fingerprint density at radius 1 is 1.00 bits per heavy atom. The quantitative estimate of drug-likeness (QED) is 0.319. The molecule has 1 amide bonds. The number of ketones is 1. The number of hydrogen-bond donors (Lipinski definition) is 3. The lowest BCUT2D eigenvalue weighted by atomic mass is 9.50. The minimum atomic E-state index is -5.93. The fourth-order valence-corrected chi connectivity index (χ4v) is 9.18. The molecular weight excluding hydrogens is 643 g/mol. The van der Waals surface area contributed by atoms with Gasteiger partial charge in [0.25, 0.3) is 5.91 Å². The third kappa shape index (κ3) is 5.44. The van der Waals surface area contributed by atoms with Gasteiger partial charge in [-0.1, -0.05) is 36.8 Å². The van der Waals surface area contributed by atoms with Crippen molar-refractivity contribution in [2.45, 2.75) is 86.9 Å². The number of nitrogens with one attached hydrogen (secondary N) is 1. The molecule has 0 aliphatic heterocycles. The summed E-state index contributed by atoms with van der Waals surface area (Å²) in [4.78, 5) is 25.2. The highest BCUT2D eigenvalue weighted by Gasteiger charge is 2.79. The van der Waals surface area contributed by atoms with Crippen LogP contribution < -0.4 is 10.5 Å². The molecule has 0 heterocycles. The van der Waals surface area contributed by atoms with Crippen LogP contribution in [0.3, 0.4) is 0 Å². The number of carbonyl (C=O) groups is 2. The monoisotopic (exact) mass is 678 g/mol. The number of primary sulfonamides is 1. The van der Waals surface area contributed by atoms with Gasteiger partial charge in [-0.15, -0.1) is 0 Å². The summed E-state index contributed by atoms with van der Waals surface area (Å²) >= 11 is 0. The van der Waals surface area contributed by atoms with Gasteiger partial charge in [0.05, 0.1) is 4.90 Å². The number of fused-ring (bicyclic) bond motifs is 4. The van der Waals surface area contributed by atoms with Crippen LogP contribution in [0.1, 0.15) is 79.3 Å². The summed E-state index contributed by atoms with van der Waals surface area (Å²) in [5.74, 6) is -7.34. The molecule has 7 nitrogen and oxygen atoms in total. The predicted octanol–water partition coefficient (Wildman–Crippen LogP) is 6.09. The average molecular weight is 679 g/mol. The average Bonchev–Trinajstić information content (AvgIpc) is 3.29. The van der Waals surface area contributed by atoms with Crippen LogP contribution in [0, 0.1) is 17.3 Å². The molecule has 2 fully saturated rings. The van der Waals surface area contributed by atoms with Crippen molar-refractivity contribution in [2.24, 2.45) is 22.4 Å². The van der Waals surface area contributed by atoms with Crippen LogP contribution in [0.25, 0.3) is 0 Å². The number of allylic oxidation sites excluding steroid dienone is 4. The summed E-state index contributed by atoms with van der Waals surface area (Å²) < 4.78 is 94.8. The molecule has 0 aromatic heterocycles. The number of aliphatic hydroxyl groups is 1. The second-order valence-electron chi connectivity index (χ2n) is 13.5. The first-order valence-electron chi connectivity index (χ1n) is 15.5. The molecule has 0 radical (unpaired) electrons. The van der Waals surface area contributed by atoms with Crippen molar-refractivity contribution in [3.8, 4) is 0 Å². The maximum atomic E-state index is 15.2. The molecule has 5 atom stereocenters. The number of rotatable bonds is 6. The molecular formula is C34H35F5N2O5S. The Bertz CT molecular complexity index is 1790. The summed E-state index contributed by atoms with van der Waals surface area (Å²) in [5.41, 5.74) is -0.776. The smallest absolute Gasteiger partial charge is 0.383 e. The van der Waals surface area contributed by atoms with E-state index in [0.29, 0.717) is 30.4 Å². The topological polar surface area (TPSA) is 127 Å². The van der Waals surface area contributed by atoms with Gasteiger partial charge in [-0.25, -0.2) is 13.6 Å². The number of amides is 1. The van der Waals surface area contributed by atoms with E-state index in [2.05, 4.69) is 5.32 Å². The maximum Gasteiger partial charge on any atom is 0.456 e. The van der Waals surface area contributed by atoms with E-state index in [1.807, 2.05) is 0 Å². The van der Waals surface area contributed by atoms with E-state index in [1.165, 1.54) is 31.2 Å². The van der Waals surface area contributed by atoms with Gasteiger partial charge in [0.15, 0.2) is 5.78 Å². The van der Waals surface area contributed by atoms with Crippen LogP contribution >= 0.6 is 0 Å². The maximum absolute atomic E-state index is 15.2. The van der Waals surface area contributed by atoms with Crippen molar-refractivity contribution < 1.29 is 45.1 Å². The molecule has 252 valence electrons. The molecule has 13 heteroatoms. The van der Waals surface area contributed by atoms with E-state index < -0.39 is 57.3 Å². The summed E-state index contributed by atoms with van der Waals surface area (Å²) in [6.07, 6.45) is -3.41. The predicted molar refractivity (Wildman–Crippen MR) is 162 cm³/mol. The number of sulfonamides is 1. The van der Waals surface area contributed by atoms with Crippen molar-refractivity contribution >= 4 is 21.7 Å². The Labute approximate surface area is 269 Å². The summed E-state index contributed by atoms with van der Waals surface area (Å²) in [7, 11) is -3.86. The fourth-order valence-electron chi connectivity index (χ4n) is 8.66. The summed E-state index contributed by atoms with van der Waals surface area (Å²) in [5, 5.41) is 19.3. The van der Waals surface area contributed by atoms with Gasteiger partial charge < -0.3 is 10.4 Å². The second kappa shape index (κ2) is 11.3. The van der Waals surface area contributed by atoms with Crippen molar-refractivity contribution in [2.75, 3.05) is 0 Å². The normalized spacial score (nSPS) is 29.5. The standard InChI is InChI=1S/C34H35F5N2O5S/c1-31-17-27(20-4-6-21(7-5-20)30(43)41-18-19-2-10-24(11-3-19)47(40,45)46)29-25-13-9-23(42)16-22(25)8-12-26(29)28(31)14-15-32(31,44)33(35,36)34(37,38)39/h2-7,10-11,16,26-28,44H,8-9,12-15,17-18H2,1H3,(H,41,43)(H2,40,45,46)/t26?,27-,28?,31?,32+/m1/s1. The highest BCUT2D eigenvalue weighted by molar-refractivity contribution is 7.89. The van der Waals surface area contributed by atoms with E-state index in [9.17, 15) is 36.3 Å². The molecule has 6 rings (SSSR count). The van der Waals surface area contributed by atoms with Gasteiger partial charge in [-0.05, 0) is 103 Å². The lowest BCUT2D eigenvalue weighted by Gasteiger charge is -2.56. The number of carbonyl (C=O) groups excluding carboxylic acids is 2. The number of hydrogen-bond acceptors (Lipinski definition) is 5. The van der Waals surface area contributed by atoms with Crippen LogP contribution in [0.5, 0.6) is 0 Å². The van der Waals surface area contributed by atoms with E-state index in [1.54, 1.807) is 30.3 Å². The van der Waals surface area contributed by atoms with Crippen molar-refractivity contribution in [1.29, 1.82) is 0 Å². The number of alkyl halides is 5. The lowest BCUT2D eigenvalue weighted by Crippen LogP contribution is -2.65. The van der Waals surface area contributed by atoms with E-state index >= 15 is 8.78 Å². The first kappa shape index (κ1) is 33.5. The van der Waals surface area contributed by atoms with Crippen LogP contribution in [0.15, 0.2) is 76.2 Å². The fraction of sp³-hybridized carbons (Fsp3) is 0.471. The second-order valence-corrected chi connectivity index (χ2v) is 15.0. The number of nitrogens with two attached hydrogens (primary N) is 1. The third-order valence-corrected chi connectivity index (χ3v) is 12.0. The minimum absolute atomic E-state index is 0.00391. The largest absolute Gasteiger partial charge is 0.456 e. The SMILES string of the molecule is CC12C[C@H](c3ccc(C(=O)NCc4ccc(S(N)(=O)=O)cc4)cc3)C3=C4CCC(=O)C=C4CCC3C1CC[C@@]2(O)C(F)(F)C(F)(F)F. The van der Waals surface area contributed by atoms with Crippen LogP contribution in [0.4, 0.5) is 22.0 Å². The molecule has 2 saturated carbocycles. The Balaban J connectivity index is 1.32. The summed E-state index contributed by atoms with van der Waals surface area (Å²) in [6, 6.07) is 12.1. The molecule has 4 aliphatic carbocycles. The highest BCUT2D eigenvalue weighted by Crippen LogP contribution is 2.70. The van der Waals surface area contributed by atoms with Crippen molar-refractivity contribution in [3.63, 3.8) is 0 Å². The first-order valence-corrected chi connectivity index (χ1v) is 17.1. The Kier molecular flexibility index (Phi) is 8.08. The van der Waals surface area contributed by atoms with Gasteiger partial charge >= 0.3 is 12.1 Å². The molecule has 0 spiro atoms. The molecule has 4 aliphatic rings. The molecule has 0 saturated heterocycles. The van der Waals surface area contributed by atoms with E-state index in [4.69, 9.17) is 5.14 Å². The summed E-state index contributed by atoms with van der Waals surface area (Å²) in [6.45, 7) is 1.46. The molecule has 0 bridgehead atoms. The van der Waals surface area contributed by atoms with E-state index in [0.717, 1.165) is 16.7 Å². The number of benzene rings is 2. The van der Waals surface area contributed by atoms with Gasteiger partial charge in [0.2, 0.25) is 10.0 Å². The minimum Gasteiger partial charge on any atom is -0.383 e. The van der Waals surface area contributed by atoms with E-state index in [-0.39, 0.29) is 48.0 Å². The Morgan fingerprint density at radius 2 is 1.66 bits per heavy atom. The number of halogens is 5. The van der Waals surface area contributed by atoms with Gasteiger partial charge in [0.1, 0.15) is 5.60 Å². The van der Waals surface area contributed by atoms with Crippen molar-refractivity contribution in [1.82, 2.24) is 5.32 Å².